The van der Waals surface area contributed by atoms with Gasteiger partial charge in [0.2, 0.25) is 0 Å². The second-order valence-electron chi connectivity index (χ2n) is 10.4. The maximum absolute atomic E-state index is 11.6. The van der Waals surface area contributed by atoms with Crippen molar-refractivity contribution < 1.29 is 10.0 Å². The minimum Gasteiger partial charge on any atom is -0.379 e. The van der Waals surface area contributed by atoms with Gasteiger partial charge in [-0.25, -0.2) is 0 Å². The molecule has 1 aliphatic carbocycles. The fraction of sp³-hybridized carbons (Fsp3) is 0.481. The standard InChI is InChI=1S/C27H33NO/c1-25(2)18-24-19-26(3,20-25)21-28(24)17-11-10-16-27(29,22-12-6-4-7-13-22)23-14-8-5-9-15-23/h4-9,12-15,24,29H,16-21H2,1-3H3/p+1/t24-,26-/m1/s1. The smallest absolute Gasteiger partial charge is 0.139 e. The van der Waals surface area contributed by atoms with Crippen LogP contribution in [-0.4, -0.2) is 24.2 Å². The highest BCUT2D eigenvalue weighted by atomic mass is 16.3. The van der Waals surface area contributed by atoms with Gasteiger partial charge in [-0.05, 0) is 28.9 Å². The Bertz CT molecular complexity index is 853. The Morgan fingerprint density at radius 1 is 0.931 bits per heavy atom. The highest BCUT2D eigenvalue weighted by Crippen LogP contribution is 2.47. The lowest BCUT2D eigenvalue weighted by Crippen LogP contribution is -3.13. The molecule has 0 aromatic heterocycles. The molecule has 2 aromatic carbocycles. The van der Waals surface area contributed by atoms with Crippen molar-refractivity contribution >= 4 is 0 Å². The fourth-order valence-electron chi connectivity index (χ4n) is 6.12. The van der Waals surface area contributed by atoms with Crippen molar-refractivity contribution in [3.8, 4) is 11.8 Å². The second-order valence-corrected chi connectivity index (χ2v) is 10.4. The number of rotatable bonds is 4. The molecule has 2 bridgehead atoms. The van der Waals surface area contributed by atoms with Crippen LogP contribution in [0, 0.1) is 22.7 Å². The molecular weight excluding hydrogens is 354 g/mol. The molecule has 29 heavy (non-hydrogen) atoms. The Labute approximate surface area is 176 Å². The zero-order chi connectivity index (χ0) is 20.5. The molecule has 2 heteroatoms. The first-order valence-corrected chi connectivity index (χ1v) is 10.9. The summed E-state index contributed by atoms with van der Waals surface area (Å²) in [4.78, 5) is 1.65. The number of quaternary nitrogens is 1. The average molecular weight is 389 g/mol. The first-order chi connectivity index (χ1) is 13.8. The molecular formula is C27H34NO+. The van der Waals surface area contributed by atoms with Crippen LogP contribution in [0.5, 0.6) is 0 Å². The minimum atomic E-state index is -1.07. The molecule has 2 nitrogen and oxygen atoms in total. The van der Waals surface area contributed by atoms with Crippen LogP contribution < -0.4 is 4.90 Å². The van der Waals surface area contributed by atoms with E-state index in [4.69, 9.17) is 0 Å². The highest BCUT2D eigenvalue weighted by Gasteiger charge is 2.52. The summed E-state index contributed by atoms with van der Waals surface area (Å²) >= 11 is 0. The van der Waals surface area contributed by atoms with Crippen LogP contribution in [0.3, 0.4) is 0 Å². The summed E-state index contributed by atoms with van der Waals surface area (Å²) in [5.41, 5.74) is 1.66. The molecule has 0 amide bonds. The monoisotopic (exact) mass is 388 g/mol. The van der Waals surface area contributed by atoms with Crippen molar-refractivity contribution in [2.75, 3.05) is 13.1 Å². The zero-order valence-corrected chi connectivity index (χ0v) is 18.0. The molecule has 152 valence electrons. The van der Waals surface area contributed by atoms with Crippen LogP contribution in [0.4, 0.5) is 0 Å². The van der Waals surface area contributed by atoms with Gasteiger partial charge in [-0.15, -0.1) is 0 Å². The van der Waals surface area contributed by atoms with E-state index in [1.807, 2.05) is 60.7 Å². The predicted molar refractivity (Wildman–Crippen MR) is 118 cm³/mol. The average Bonchev–Trinajstić information content (AvgIpc) is 2.94. The molecule has 1 saturated heterocycles. The van der Waals surface area contributed by atoms with Gasteiger partial charge in [0, 0.05) is 24.7 Å². The first kappa shape index (κ1) is 20.2. The normalized spacial score (nSPS) is 27.9. The Morgan fingerprint density at radius 2 is 1.52 bits per heavy atom. The maximum atomic E-state index is 11.6. The minimum absolute atomic E-state index is 0.418. The molecule has 4 rings (SSSR count). The topological polar surface area (TPSA) is 24.7 Å². The Morgan fingerprint density at radius 3 is 2.10 bits per heavy atom. The lowest BCUT2D eigenvalue weighted by atomic mass is 9.65. The molecule has 2 N–H and O–H groups in total. The number of hydrogen-bond acceptors (Lipinski definition) is 1. The molecule has 2 fully saturated rings. The second kappa shape index (κ2) is 7.63. The summed E-state index contributed by atoms with van der Waals surface area (Å²) in [5.74, 6) is 6.77. The molecule has 2 aromatic rings. The van der Waals surface area contributed by atoms with Crippen LogP contribution in [-0.2, 0) is 5.60 Å². The van der Waals surface area contributed by atoms with E-state index in [-0.39, 0.29) is 0 Å². The summed E-state index contributed by atoms with van der Waals surface area (Å²) in [6.07, 6.45) is 4.39. The van der Waals surface area contributed by atoms with E-state index in [1.165, 1.54) is 25.8 Å². The summed E-state index contributed by atoms with van der Waals surface area (Å²) in [6, 6.07) is 20.6. The molecule has 1 aliphatic heterocycles. The third-order valence-corrected chi connectivity index (χ3v) is 6.96. The molecule has 2 aliphatic rings. The van der Waals surface area contributed by atoms with Gasteiger partial charge in [0.15, 0.2) is 0 Å². The quantitative estimate of drug-likeness (QED) is 0.765. The van der Waals surface area contributed by atoms with Gasteiger partial charge >= 0.3 is 0 Å². The zero-order valence-electron chi connectivity index (χ0n) is 18.0. The van der Waals surface area contributed by atoms with E-state index in [0.717, 1.165) is 23.7 Å². The van der Waals surface area contributed by atoms with Crippen molar-refractivity contribution in [3.63, 3.8) is 0 Å². The summed E-state index contributed by atoms with van der Waals surface area (Å²) < 4.78 is 0. The van der Waals surface area contributed by atoms with Gasteiger partial charge in [0.25, 0.3) is 0 Å². The number of aliphatic hydroxyl groups is 1. The largest absolute Gasteiger partial charge is 0.379 e. The van der Waals surface area contributed by atoms with Gasteiger partial charge in [0.05, 0.1) is 12.6 Å². The first-order valence-electron chi connectivity index (χ1n) is 10.9. The Kier molecular flexibility index (Phi) is 5.32. The van der Waals surface area contributed by atoms with Crippen LogP contribution >= 0.6 is 0 Å². The van der Waals surface area contributed by atoms with Crippen molar-refractivity contribution in [2.24, 2.45) is 10.8 Å². The van der Waals surface area contributed by atoms with E-state index in [9.17, 15) is 5.11 Å². The summed E-state index contributed by atoms with van der Waals surface area (Å²) in [6.45, 7) is 9.43. The van der Waals surface area contributed by atoms with Crippen LogP contribution in [0.15, 0.2) is 60.7 Å². The lowest BCUT2D eigenvalue weighted by Gasteiger charge is -2.37. The van der Waals surface area contributed by atoms with Crippen LogP contribution in [0.2, 0.25) is 0 Å². The van der Waals surface area contributed by atoms with Gasteiger partial charge in [-0.1, -0.05) is 87.4 Å². The Balaban J connectivity index is 1.50. The van der Waals surface area contributed by atoms with E-state index in [2.05, 4.69) is 32.6 Å². The number of benzene rings is 2. The number of likely N-dealkylation sites (tertiary alicyclic amines) is 1. The van der Waals surface area contributed by atoms with Gasteiger partial charge in [0.1, 0.15) is 12.1 Å². The van der Waals surface area contributed by atoms with Crippen LogP contribution in [0.25, 0.3) is 0 Å². The number of fused-ring (bicyclic) bond motifs is 2. The fourth-order valence-corrected chi connectivity index (χ4v) is 6.12. The Hall–Kier alpha value is -2.08. The van der Waals surface area contributed by atoms with Gasteiger partial charge in [-0.2, -0.15) is 0 Å². The van der Waals surface area contributed by atoms with Crippen molar-refractivity contribution in [3.05, 3.63) is 71.8 Å². The van der Waals surface area contributed by atoms with Crippen LogP contribution in [0.1, 0.15) is 57.6 Å². The number of hydrogen-bond donors (Lipinski definition) is 2. The SMILES string of the molecule is CC1(C)C[C@@H]2C[C@@](C)(C[NH+]2CC#CCC(O)(c2ccccc2)c2ccccc2)C1. The highest BCUT2D eigenvalue weighted by molar-refractivity contribution is 5.37. The van der Waals surface area contributed by atoms with E-state index >= 15 is 0 Å². The molecule has 0 spiro atoms. The third kappa shape index (κ3) is 4.27. The molecule has 1 unspecified atom stereocenters. The van der Waals surface area contributed by atoms with E-state index in [1.54, 1.807) is 4.90 Å². The van der Waals surface area contributed by atoms with Gasteiger partial charge < -0.3 is 10.0 Å². The van der Waals surface area contributed by atoms with Crippen molar-refractivity contribution in [1.82, 2.24) is 0 Å². The van der Waals surface area contributed by atoms with E-state index in [0.29, 0.717) is 17.3 Å². The molecule has 1 heterocycles. The molecule has 0 radical (unpaired) electrons. The summed E-state index contributed by atoms with van der Waals surface area (Å²) in [5, 5.41) is 11.6. The number of nitrogens with one attached hydrogen (secondary N) is 1. The molecule has 3 atom stereocenters. The van der Waals surface area contributed by atoms with Crippen molar-refractivity contribution in [1.29, 1.82) is 0 Å². The lowest BCUT2D eigenvalue weighted by molar-refractivity contribution is -0.907. The van der Waals surface area contributed by atoms with E-state index < -0.39 is 5.60 Å². The maximum Gasteiger partial charge on any atom is 0.139 e. The van der Waals surface area contributed by atoms with Crippen molar-refractivity contribution in [2.45, 2.75) is 58.1 Å². The predicted octanol–water partition coefficient (Wildman–Crippen LogP) is 3.80. The summed E-state index contributed by atoms with van der Waals surface area (Å²) in [7, 11) is 0. The van der Waals surface area contributed by atoms with Gasteiger partial charge in [-0.3, -0.25) is 0 Å². The third-order valence-electron chi connectivity index (χ3n) is 6.96. The molecule has 1 saturated carbocycles.